The third-order valence-corrected chi connectivity index (χ3v) is 6.34. The lowest BCUT2D eigenvalue weighted by atomic mass is 9.96. The van der Waals surface area contributed by atoms with Gasteiger partial charge in [-0.3, -0.25) is 9.80 Å². The zero-order valence-electron chi connectivity index (χ0n) is 21.1. The average Bonchev–Trinajstić information content (AvgIpc) is 2.97. The van der Waals surface area contributed by atoms with Crippen molar-refractivity contribution in [2.24, 2.45) is 0 Å². The standard InChI is InChI=1S/C31H32N4O2/c1-32-30(36)34(28(24-15-7-3-8-16-24)25-17-9-4-10-18-25)23-35(31(37)33-2)29(26-19-11-5-12-20-26)27-21-13-6-14-22-27/h3-22,28-29H,23H2,1-2H3,(H,32,36)(H,33,37). The van der Waals surface area contributed by atoms with Crippen LogP contribution in [0.4, 0.5) is 9.59 Å². The molecule has 0 atom stereocenters. The Kier molecular flexibility index (Phi) is 8.55. The average molecular weight is 493 g/mol. The summed E-state index contributed by atoms with van der Waals surface area (Å²) >= 11 is 0. The number of urea groups is 2. The number of carbonyl (C=O) groups excluding carboxylic acids is 2. The number of rotatable bonds is 8. The molecular weight excluding hydrogens is 460 g/mol. The van der Waals surface area contributed by atoms with Gasteiger partial charge in [-0.15, -0.1) is 0 Å². The van der Waals surface area contributed by atoms with Crippen molar-refractivity contribution in [3.63, 3.8) is 0 Å². The molecule has 6 heteroatoms. The summed E-state index contributed by atoms with van der Waals surface area (Å²) < 4.78 is 0. The van der Waals surface area contributed by atoms with Crippen molar-refractivity contribution in [3.05, 3.63) is 144 Å². The topological polar surface area (TPSA) is 64.7 Å². The second-order valence-corrected chi connectivity index (χ2v) is 8.64. The number of carbonyl (C=O) groups is 2. The Morgan fingerprint density at radius 1 is 0.514 bits per heavy atom. The second kappa shape index (κ2) is 12.4. The molecule has 0 saturated heterocycles. The summed E-state index contributed by atoms with van der Waals surface area (Å²) in [6.07, 6.45) is 0. The lowest BCUT2D eigenvalue weighted by Crippen LogP contribution is -2.52. The highest BCUT2D eigenvalue weighted by molar-refractivity contribution is 5.78. The number of amides is 4. The van der Waals surface area contributed by atoms with E-state index in [0.717, 1.165) is 22.3 Å². The SMILES string of the molecule is CNC(=O)N(CN(C(=O)NC)C(c1ccccc1)c1ccccc1)C(c1ccccc1)c1ccccc1. The molecule has 0 spiro atoms. The fourth-order valence-corrected chi connectivity index (χ4v) is 4.62. The van der Waals surface area contributed by atoms with Crippen molar-refractivity contribution in [2.45, 2.75) is 12.1 Å². The van der Waals surface area contributed by atoms with Gasteiger partial charge in [-0.2, -0.15) is 0 Å². The van der Waals surface area contributed by atoms with Gasteiger partial charge < -0.3 is 10.6 Å². The van der Waals surface area contributed by atoms with E-state index in [4.69, 9.17) is 0 Å². The fraction of sp³-hybridized carbons (Fsp3) is 0.161. The van der Waals surface area contributed by atoms with Crippen molar-refractivity contribution < 1.29 is 9.59 Å². The Morgan fingerprint density at radius 3 is 0.973 bits per heavy atom. The van der Waals surface area contributed by atoms with Crippen molar-refractivity contribution >= 4 is 12.1 Å². The lowest BCUT2D eigenvalue weighted by Gasteiger charge is -2.40. The lowest BCUT2D eigenvalue weighted by molar-refractivity contribution is 0.117. The molecule has 4 aromatic carbocycles. The van der Waals surface area contributed by atoms with E-state index in [9.17, 15) is 9.59 Å². The molecule has 0 saturated carbocycles. The van der Waals surface area contributed by atoms with E-state index in [1.165, 1.54) is 0 Å². The first-order valence-corrected chi connectivity index (χ1v) is 12.3. The number of nitrogens with one attached hydrogen (secondary N) is 2. The van der Waals surface area contributed by atoms with E-state index in [0.29, 0.717) is 0 Å². The van der Waals surface area contributed by atoms with Crippen molar-refractivity contribution in [2.75, 3.05) is 20.8 Å². The smallest absolute Gasteiger partial charge is 0.319 e. The Bertz CT molecular complexity index is 1090. The first kappa shape index (κ1) is 25.5. The molecule has 0 radical (unpaired) electrons. The van der Waals surface area contributed by atoms with Crippen LogP contribution in [0.2, 0.25) is 0 Å². The van der Waals surface area contributed by atoms with Crippen molar-refractivity contribution in [3.8, 4) is 0 Å². The van der Waals surface area contributed by atoms with Gasteiger partial charge in [0.1, 0.15) is 6.67 Å². The quantitative estimate of drug-likeness (QED) is 0.305. The van der Waals surface area contributed by atoms with Gasteiger partial charge in [-0.25, -0.2) is 9.59 Å². The van der Waals surface area contributed by atoms with E-state index in [1.807, 2.05) is 121 Å². The van der Waals surface area contributed by atoms with Gasteiger partial charge in [0.25, 0.3) is 0 Å². The van der Waals surface area contributed by atoms with E-state index in [-0.39, 0.29) is 18.7 Å². The van der Waals surface area contributed by atoms with E-state index in [1.54, 1.807) is 23.9 Å². The summed E-state index contributed by atoms with van der Waals surface area (Å²) in [6, 6.07) is 38.1. The van der Waals surface area contributed by atoms with Gasteiger partial charge in [0.2, 0.25) is 0 Å². The van der Waals surface area contributed by atoms with Crippen molar-refractivity contribution in [1.29, 1.82) is 0 Å². The summed E-state index contributed by atoms with van der Waals surface area (Å²) in [6.45, 7) is 0.0439. The van der Waals surface area contributed by atoms with Gasteiger partial charge in [0.15, 0.2) is 0 Å². The Morgan fingerprint density at radius 2 is 0.757 bits per heavy atom. The maximum atomic E-state index is 13.5. The van der Waals surface area contributed by atoms with Crippen LogP contribution in [0.1, 0.15) is 34.3 Å². The van der Waals surface area contributed by atoms with E-state index in [2.05, 4.69) is 10.6 Å². The summed E-state index contributed by atoms with van der Waals surface area (Å²) in [5, 5.41) is 5.59. The van der Waals surface area contributed by atoms with Crippen LogP contribution in [0.5, 0.6) is 0 Å². The van der Waals surface area contributed by atoms with Crippen LogP contribution < -0.4 is 10.6 Å². The van der Waals surface area contributed by atoms with Crippen molar-refractivity contribution in [1.82, 2.24) is 20.4 Å². The molecule has 0 aliphatic carbocycles. The van der Waals surface area contributed by atoms with Gasteiger partial charge in [-0.1, -0.05) is 121 Å². The van der Waals surface area contributed by atoms with Gasteiger partial charge in [0, 0.05) is 14.1 Å². The summed E-state index contributed by atoms with van der Waals surface area (Å²) in [4.78, 5) is 30.4. The third-order valence-electron chi connectivity index (χ3n) is 6.34. The first-order valence-electron chi connectivity index (χ1n) is 12.3. The highest BCUT2D eigenvalue weighted by Gasteiger charge is 2.33. The molecule has 0 fully saturated rings. The highest BCUT2D eigenvalue weighted by Crippen LogP contribution is 2.33. The number of nitrogens with zero attached hydrogens (tertiary/aromatic N) is 2. The fourth-order valence-electron chi connectivity index (χ4n) is 4.62. The molecule has 0 aliphatic heterocycles. The van der Waals surface area contributed by atoms with E-state index >= 15 is 0 Å². The molecule has 0 heterocycles. The number of benzene rings is 4. The zero-order chi connectivity index (χ0) is 26.0. The molecule has 4 aromatic rings. The first-order chi connectivity index (χ1) is 18.1. The van der Waals surface area contributed by atoms with Crippen LogP contribution in [0, 0.1) is 0 Å². The molecular formula is C31H32N4O2. The molecule has 4 amide bonds. The second-order valence-electron chi connectivity index (χ2n) is 8.64. The largest absolute Gasteiger partial charge is 0.341 e. The van der Waals surface area contributed by atoms with Gasteiger partial charge >= 0.3 is 12.1 Å². The molecule has 2 N–H and O–H groups in total. The molecule has 0 aromatic heterocycles. The highest BCUT2D eigenvalue weighted by atomic mass is 16.2. The van der Waals surface area contributed by atoms with E-state index < -0.39 is 12.1 Å². The maximum Gasteiger partial charge on any atom is 0.319 e. The molecule has 0 aliphatic rings. The van der Waals surface area contributed by atoms with Gasteiger partial charge in [0.05, 0.1) is 12.1 Å². The normalized spacial score (nSPS) is 10.7. The Balaban J connectivity index is 1.85. The zero-order valence-corrected chi connectivity index (χ0v) is 21.1. The molecule has 0 unspecified atom stereocenters. The number of hydrogen-bond donors (Lipinski definition) is 2. The minimum absolute atomic E-state index is 0.0439. The Labute approximate surface area is 218 Å². The number of hydrogen-bond acceptors (Lipinski definition) is 2. The predicted molar refractivity (Wildman–Crippen MR) is 147 cm³/mol. The Hall–Kier alpha value is -4.58. The van der Waals surface area contributed by atoms with Crippen LogP contribution in [-0.2, 0) is 0 Å². The van der Waals surface area contributed by atoms with Crippen LogP contribution in [0.3, 0.4) is 0 Å². The summed E-state index contributed by atoms with van der Waals surface area (Å²) in [7, 11) is 3.22. The monoisotopic (exact) mass is 492 g/mol. The van der Waals surface area contributed by atoms with Crippen LogP contribution in [0.25, 0.3) is 0 Å². The molecule has 37 heavy (non-hydrogen) atoms. The van der Waals surface area contributed by atoms with Crippen LogP contribution >= 0.6 is 0 Å². The molecule has 4 rings (SSSR count). The van der Waals surface area contributed by atoms with Crippen LogP contribution in [0.15, 0.2) is 121 Å². The van der Waals surface area contributed by atoms with Gasteiger partial charge in [-0.05, 0) is 22.3 Å². The summed E-state index contributed by atoms with van der Waals surface area (Å²) in [5.41, 5.74) is 3.80. The minimum Gasteiger partial charge on any atom is -0.341 e. The molecule has 6 nitrogen and oxygen atoms in total. The summed E-state index contributed by atoms with van der Waals surface area (Å²) in [5.74, 6) is 0. The van der Waals surface area contributed by atoms with Crippen LogP contribution in [-0.4, -0.2) is 42.6 Å². The minimum atomic E-state index is -0.415. The molecule has 188 valence electrons. The predicted octanol–water partition coefficient (Wildman–Crippen LogP) is 5.81. The maximum absolute atomic E-state index is 13.5. The third kappa shape index (κ3) is 5.98. The molecule has 0 bridgehead atoms.